The number of thiazole rings is 2. The van der Waals surface area contributed by atoms with Gasteiger partial charge in [-0.25, -0.2) is 38.3 Å². The number of allylic oxidation sites excluding steroid dienone is 1. The number of anilines is 1. The molecule has 79 heavy (non-hydrogen) atoms. The average Bonchev–Trinajstić information content (AvgIpc) is 4.30. The molecule has 424 valence electrons. The molecule has 6 N–H and O–H groups in total. The molecule has 7 aromatic rings. The summed E-state index contributed by atoms with van der Waals surface area (Å²) in [5, 5.41) is 7.21. The number of fused-ring (bicyclic) bond motifs is 2. The smallest absolute Gasteiger partial charge is 0.410 e. The molecule has 20 nitrogen and oxygen atoms in total. The number of hydrogen-bond acceptors (Lipinski definition) is 15. The number of benzene rings is 2. The van der Waals surface area contributed by atoms with Crippen molar-refractivity contribution < 1.29 is 59.5 Å². The molecule has 0 saturated carbocycles. The van der Waals surface area contributed by atoms with Crippen LogP contribution in [0.4, 0.5) is 24.3 Å². The van der Waals surface area contributed by atoms with Crippen molar-refractivity contribution >= 4 is 62.5 Å². The van der Waals surface area contributed by atoms with Crippen molar-refractivity contribution in [2.75, 3.05) is 59.8 Å². The minimum Gasteiger partial charge on any atom is -1.00 e. The summed E-state index contributed by atoms with van der Waals surface area (Å²) in [6.07, 6.45) is 11.6. The summed E-state index contributed by atoms with van der Waals surface area (Å²) in [4.78, 5) is 65.3. The topological polar surface area (TPSA) is 236 Å². The van der Waals surface area contributed by atoms with Gasteiger partial charge in [-0.15, -0.1) is 22.7 Å². The Hall–Kier alpha value is -7.57. The molecule has 0 bridgehead atoms. The molecular weight excluding hydrogens is 1080 g/mol. The van der Waals surface area contributed by atoms with Crippen LogP contribution in [-0.4, -0.2) is 145 Å². The summed E-state index contributed by atoms with van der Waals surface area (Å²) in [5.74, 6) is -0.143. The molecule has 0 radical (unpaired) electrons. The zero-order valence-corrected chi connectivity index (χ0v) is 48.3. The first-order chi connectivity index (χ1) is 37.0. The third-order valence-corrected chi connectivity index (χ3v) is 13.4. The highest BCUT2D eigenvalue weighted by atomic mass is 35.5. The quantitative estimate of drug-likeness (QED) is 0.0595. The van der Waals surface area contributed by atoms with E-state index < -0.39 is 22.8 Å². The average molecular weight is 1150 g/mol. The zero-order chi connectivity index (χ0) is 56.5. The van der Waals surface area contributed by atoms with Gasteiger partial charge < -0.3 is 51.4 Å². The Labute approximate surface area is 471 Å². The number of carbonyl (C=O) groups excluding carboxylic acids is 3. The molecule has 5 aromatic heterocycles. The van der Waals surface area contributed by atoms with E-state index in [9.17, 15) is 23.2 Å². The molecule has 2 atom stereocenters. The van der Waals surface area contributed by atoms with Crippen molar-refractivity contribution in [3.05, 3.63) is 101 Å². The van der Waals surface area contributed by atoms with Crippen molar-refractivity contribution in [2.45, 2.75) is 90.5 Å². The van der Waals surface area contributed by atoms with E-state index in [2.05, 4.69) is 20.3 Å². The Morgan fingerprint density at radius 1 is 0.772 bits per heavy atom. The van der Waals surface area contributed by atoms with Crippen LogP contribution in [0.3, 0.4) is 0 Å². The van der Waals surface area contributed by atoms with Crippen molar-refractivity contribution in [2.24, 2.45) is 11.5 Å². The number of methoxy groups -OCH3 is 2. The van der Waals surface area contributed by atoms with Gasteiger partial charge in [0.05, 0.1) is 38.2 Å². The lowest BCUT2D eigenvalue weighted by molar-refractivity contribution is -0.508. The number of hydrogen-bond donors (Lipinski definition) is 4. The first kappa shape index (κ1) is 60.7. The number of ketones is 1. The lowest BCUT2D eigenvalue weighted by Gasteiger charge is -2.34. The van der Waals surface area contributed by atoms with Crippen LogP contribution in [-0.2, 0) is 9.47 Å². The summed E-state index contributed by atoms with van der Waals surface area (Å²) in [6.45, 7) is 13.6. The number of likely N-dealkylation sites (tertiary alicyclic amines) is 2. The number of imidazole rings is 2. The fraction of sp³-hybridized carbons (Fsp3) is 0.407. The third-order valence-electron chi connectivity index (χ3n) is 11.9. The lowest BCUT2D eigenvalue weighted by Crippen LogP contribution is -3.00. The second-order valence-corrected chi connectivity index (χ2v) is 22.4. The summed E-state index contributed by atoms with van der Waals surface area (Å²) < 4.78 is 52.5. The highest BCUT2D eigenvalue weighted by Gasteiger charge is 2.30. The van der Waals surface area contributed by atoms with Gasteiger partial charge in [0.25, 0.3) is 0 Å². The number of nitrogens with zero attached hydrogens (tertiary/aromatic N) is 9. The van der Waals surface area contributed by atoms with Gasteiger partial charge in [0.1, 0.15) is 28.3 Å². The van der Waals surface area contributed by atoms with Crippen molar-refractivity contribution in [1.29, 1.82) is 0 Å². The van der Waals surface area contributed by atoms with E-state index in [1.165, 1.54) is 55.1 Å². The molecule has 2 amide bonds. The number of piperidine rings is 2. The summed E-state index contributed by atoms with van der Waals surface area (Å²) in [6, 6.07) is 11.1. The highest BCUT2D eigenvalue weighted by Crippen LogP contribution is 2.36. The van der Waals surface area contributed by atoms with Crippen LogP contribution in [0.2, 0.25) is 0 Å². The molecule has 2 aromatic carbocycles. The molecule has 9 rings (SSSR count). The van der Waals surface area contributed by atoms with Crippen molar-refractivity contribution in [3.63, 3.8) is 0 Å². The van der Waals surface area contributed by atoms with Gasteiger partial charge >= 0.3 is 18.1 Å². The molecule has 25 heteroatoms. The van der Waals surface area contributed by atoms with Gasteiger partial charge in [-0.05, 0) is 110 Å². The van der Waals surface area contributed by atoms with Crippen LogP contribution >= 0.6 is 22.7 Å². The van der Waals surface area contributed by atoms with Crippen LogP contribution in [0.5, 0.6) is 11.5 Å². The summed E-state index contributed by atoms with van der Waals surface area (Å²) >= 11 is 2.93. The largest absolute Gasteiger partial charge is 1.00 e. The molecular formula is C54H68ClF2N13O7S2. The van der Waals surface area contributed by atoms with E-state index in [4.69, 9.17) is 40.4 Å². The Kier molecular flexibility index (Phi) is 20.3. The Bertz CT molecular complexity index is 3290. The molecule has 2 aliphatic rings. The number of nitrogens with one attached hydrogen (secondary N) is 2. The van der Waals surface area contributed by atoms with Gasteiger partial charge in [0, 0.05) is 92.5 Å². The van der Waals surface area contributed by atoms with E-state index in [0.29, 0.717) is 58.9 Å². The maximum atomic E-state index is 14.1. The normalized spacial score (nSPS) is 15.5. The number of aromatic nitrogens is 6. The van der Waals surface area contributed by atoms with E-state index >= 15 is 0 Å². The third kappa shape index (κ3) is 16.0. The van der Waals surface area contributed by atoms with Gasteiger partial charge in [-0.2, -0.15) is 0 Å². The zero-order valence-electron chi connectivity index (χ0n) is 45.9. The molecule has 2 fully saturated rings. The summed E-state index contributed by atoms with van der Waals surface area (Å²) in [5.41, 5.74) is 14.2. The van der Waals surface area contributed by atoms with Crippen LogP contribution in [0, 0.1) is 11.6 Å². The number of nitrogens with two attached hydrogens (primary N) is 2. The van der Waals surface area contributed by atoms with Gasteiger partial charge in [-0.3, -0.25) is 30.1 Å². The standard InChI is InChI=1S/C26H29FN6O3S.C17H16FN3O2S.C11H22N4O2.ClH/c1-26(2,3)36-25(34)32-11-5-6-17(15-32)29-23-28-10-9-19(30-23)22-21(31-24-33(22)12-13-37-24)16-7-8-18(27)20(14-16)35-4;1-20(2)7-6-13(22)16-15(19-17-21(16)8-9-24-17)11-4-5-12(18)14(10-11)23-3;1-11(2,3)17-10(16)15-6-4-5-8(7-15)14-9(12)13;/h7-10,12-14,17H,5-6,11,15H2,1-4H3,(H,28,29,30);4-10H,1-3H3;8H,4-7H2,1-3H3,(H4,12,13,14);1H/t17-;;8-;/m1.1./s1. The fourth-order valence-corrected chi connectivity index (χ4v) is 9.95. The summed E-state index contributed by atoms with van der Waals surface area (Å²) in [7, 11) is 6.52. The monoisotopic (exact) mass is 1150 g/mol. The van der Waals surface area contributed by atoms with Crippen LogP contribution in [0.1, 0.15) is 77.7 Å². The number of ether oxygens (including phenoxy) is 4. The minimum atomic E-state index is -0.542. The number of rotatable bonds is 11. The van der Waals surface area contributed by atoms with Gasteiger partial charge in [-0.1, -0.05) is 0 Å². The maximum absolute atomic E-state index is 14.1. The lowest BCUT2D eigenvalue weighted by atomic mass is 10.1. The Balaban J connectivity index is 0.000000207. The molecule has 0 aliphatic carbocycles. The van der Waals surface area contributed by atoms with E-state index in [1.54, 1.807) is 62.0 Å². The van der Waals surface area contributed by atoms with E-state index in [0.717, 1.165) is 48.4 Å². The van der Waals surface area contributed by atoms with E-state index in [1.807, 2.05) is 83.1 Å². The van der Waals surface area contributed by atoms with Crippen LogP contribution in [0.25, 0.3) is 43.8 Å². The number of guanidine groups is 1. The Morgan fingerprint density at radius 2 is 1.32 bits per heavy atom. The predicted octanol–water partition coefficient (Wildman–Crippen LogP) is 4.69. The number of carbonyl (C=O) groups is 3. The molecule has 0 spiro atoms. The number of amides is 2. The van der Waals surface area contributed by atoms with Crippen molar-refractivity contribution in [1.82, 2.24) is 43.4 Å². The van der Waals surface area contributed by atoms with Crippen LogP contribution < -0.4 is 43.7 Å². The molecule has 2 aliphatic heterocycles. The highest BCUT2D eigenvalue weighted by molar-refractivity contribution is 7.15. The predicted molar refractivity (Wildman–Crippen MR) is 298 cm³/mol. The Morgan fingerprint density at radius 3 is 1.89 bits per heavy atom. The molecule has 2 saturated heterocycles. The molecule has 7 heterocycles. The van der Waals surface area contributed by atoms with Gasteiger partial charge in [0.2, 0.25) is 11.7 Å². The second kappa shape index (κ2) is 26.4. The van der Waals surface area contributed by atoms with Crippen molar-refractivity contribution in [3.8, 4) is 45.4 Å². The number of halogens is 3. The maximum Gasteiger partial charge on any atom is 0.410 e. The molecule has 0 unspecified atom stereocenters. The first-order valence-corrected chi connectivity index (χ1v) is 26.9. The van der Waals surface area contributed by atoms with Crippen LogP contribution in [0.15, 0.2) is 84.1 Å². The second-order valence-electron chi connectivity index (χ2n) is 20.6. The fourth-order valence-electron chi connectivity index (χ4n) is 8.52. The first-order valence-electron chi connectivity index (χ1n) is 25.2. The van der Waals surface area contributed by atoms with E-state index in [-0.39, 0.29) is 59.9 Å². The minimum absolute atomic E-state index is 0. The van der Waals surface area contributed by atoms with Gasteiger partial charge in [0.15, 0.2) is 33.1 Å². The SMILES string of the molecule is CC(C)(C)OC(=O)N1CCC[C@@H]([NH+]=C(N)N)C1.COc1cc(-c2nc3sccn3c2-c2ccnc(N[C@@H]3CCCN(C(=O)OC(C)(C)C)C3)n2)ccc1F.COc1cc(-c2nc3sccn3c2C(=O)C=CN(C)C)ccc1F.[Cl-].